The summed E-state index contributed by atoms with van der Waals surface area (Å²) in [5.41, 5.74) is 3.37. The summed E-state index contributed by atoms with van der Waals surface area (Å²) in [4.78, 5) is 26.8. The summed E-state index contributed by atoms with van der Waals surface area (Å²) in [7, 11) is 1.05. The second kappa shape index (κ2) is 12.4. The van der Waals surface area contributed by atoms with Crippen molar-refractivity contribution in [3.05, 3.63) is 54.1 Å². The first kappa shape index (κ1) is 30.8. The fraction of sp³-hybridized carbons (Fsp3) is 0.515. The highest BCUT2D eigenvalue weighted by Gasteiger charge is 2.42. The molecule has 2 aromatic carbocycles. The van der Waals surface area contributed by atoms with E-state index < -0.39 is 14.3 Å². The number of nitrogens with zero attached hydrogens (tertiary/aromatic N) is 1. The van der Waals surface area contributed by atoms with E-state index in [0.717, 1.165) is 61.0 Å². The summed E-state index contributed by atoms with van der Waals surface area (Å²) >= 11 is 0. The molecule has 0 unspecified atom stereocenters. The Morgan fingerprint density at radius 3 is 2.34 bits per heavy atom. The van der Waals surface area contributed by atoms with Gasteiger partial charge in [0.15, 0.2) is 11.5 Å². The van der Waals surface area contributed by atoms with Gasteiger partial charge in [-0.1, -0.05) is 33.8 Å². The molecule has 2 fully saturated rings. The number of hydrogen-bond donors (Lipinski definition) is 0. The first-order chi connectivity index (χ1) is 19.4. The third-order valence-electron chi connectivity index (χ3n) is 9.06. The van der Waals surface area contributed by atoms with E-state index >= 15 is 0 Å². The molecule has 2 heterocycles. The quantitative estimate of drug-likeness (QED) is 0.133. The Morgan fingerprint density at radius 1 is 1.00 bits per heavy atom. The number of fused-ring (bicyclic) bond motifs is 1. The molecular formula is C33H45NO6Si. The standard InChI is InChI=1S/C33H45NO6Si/c1-9-32(36)39-24-17-23-12-10-11-15-34(23)28(18-24)26-20-31(38-6)30(37-5)19-25(26)27-16-22(21-35)13-14-29(27)40-41(7,8)33(2,3)4/h9,13-14,16,19-21,23-24,28H,1,10-12,15,17-18H2,2-8H3/t23-,24+,28+/m1/s1. The second-order valence-electron chi connectivity index (χ2n) is 12.7. The van der Waals surface area contributed by atoms with E-state index in [0.29, 0.717) is 29.5 Å². The van der Waals surface area contributed by atoms with Crippen molar-refractivity contribution in [2.45, 2.75) is 89.2 Å². The predicted molar refractivity (Wildman–Crippen MR) is 165 cm³/mol. The molecule has 0 aliphatic carbocycles. The van der Waals surface area contributed by atoms with Crippen LogP contribution in [0.4, 0.5) is 0 Å². The smallest absolute Gasteiger partial charge is 0.330 e. The molecule has 2 aliphatic rings. The van der Waals surface area contributed by atoms with Gasteiger partial charge in [0.25, 0.3) is 8.32 Å². The number of carbonyl (C=O) groups excluding carboxylic acids is 2. The van der Waals surface area contributed by atoms with Crippen LogP contribution in [0.25, 0.3) is 11.1 Å². The Kier molecular flexibility index (Phi) is 9.34. The molecule has 0 aromatic heterocycles. The van der Waals surface area contributed by atoms with Crippen LogP contribution in [-0.2, 0) is 9.53 Å². The first-order valence-electron chi connectivity index (χ1n) is 14.6. The summed E-state index contributed by atoms with van der Waals surface area (Å²) in [6.07, 6.45) is 6.65. The predicted octanol–water partition coefficient (Wildman–Crippen LogP) is 7.35. The maximum Gasteiger partial charge on any atom is 0.330 e. The van der Waals surface area contributed by atoms with Crippen molar-refractivity contribution in [2.24, 2.45) is 0 Å². The topological polar surface area (TPSA) is 74.3 Å². The Bertz CT molecular complexity index is 1280. The number of aldehydes is 1. The number of esters is 1. The summed E-state index contributed by atoms with van der Waals surface area (Å²) in [6, 6.07) is 9.94. The molecule has 2 saturated heterocycles. The molecule has 2 aromatic rings. The number of ether oxygens (including phenoxy) is 3. The summed E-state index contributed by atoms with van der Waals surface area (Å²) in [5, 5.41) is -0.0132. The van der Waals surface area contributed by atoms with Gasteiger partial charge in [-0.3, -0.25) is 9.69 Å². The zero-order valence-corrected chi connectivity index (χ0v) is 26.6. The molecule has 41 heavy (non-hydrogen) atoms. The van der Waals surface area contributed by atoms with Gasteiger partial charge >= 0.3 is 5.97 Å². The van der Waals surface area contributed by atoms with Crippen LogP contribution in [0, 0.1) is 0 Å². The van der Waals surface area contributed by atoms with E-state index in [2.05, 4.69) is 45.3 Å². The lowest BCUT2D eigenvalue weighted by atomic mass is 9.81. The van der Waals surface area contributed by atoms with Crippen LogP contribution in [0.3, 0.4) is 0 Å². The molecule has 0 spiro atoms. The van der Waals surface area contributed by atoms with Crippen molar-refractivity contribution in [2.75, 3.05) is 20.8 Å². The lowest BCUT2D eigenvalue weighted by Crippen LogP contribution is -2.49. The maximum atomic E-state index is 12.2. The minimum absolute atomic E-state index is 0.0132. The highest BCUT2D eigenvalue weighted by molar-refractivity contribution is 6.74. The van der Waals surface area contributed by atoms with Gasteiger partial charge in [0.2, 0.25) is 0 Å². The zero-order chi connectivity index (χ0) is 29.9. The Morgan fingerprint density at radius 2 is 1.71 bits per heavy atom. The van der Waals surface area contributed by atoms with Crippen LogP contribution in [0.2, 0.25) is 18.1 Å². The van der Waals surface area contributed by atoms with E-state index in [9.17, 15) is 9.59 Å². The fourth-order valence-electron chi connectivity index (χ4n) is 5.84. The molecule has 0 radical (unpaired) electrons. The lowest BCUT2D eigenvalue weighted by molar-refractivity contribution is -0.148. The van der Waals surface area contributed by atoms with E-state index in [-0.39, 0.29) is 17.2 Å². The molecule has 8 heteroatoms. The molecule has 2 aliphatic heterocycles. The minimum Gasteiger partial charge on any atom is -0.543 e. The van der Waals surface area contributed by atoms with Crippen LogP contribution in [-0.4, -0.2) is 58.4 Å². The third-order valence-corrected chi connectivity index (χ3v) is 13.4. The van der Waals surface area contributed by atoms with Gasteiger partial charge in [-0.15, -0.1) is 0 Å². The van der Waals surface area contributed by atoms with Gasteiger partial charge < -0.3 is 18.6 Å². The van der Waals surface area contributed by atoms with Crippen LogP contribution < -0.4 is 13.9 Å². The number of hydrogen-bond acceptors (Lipinski definition) is 7. The molecule has 4 rings (SSSR count). The molecular weight excluding hydrogens is 534 g/mol. The molecule has 222 valence electrons. The van der Waals surface area contributed by atoms with Crippen molar-refractivity contribution in [1.82, 2.24) is 4.90 Å². The van der Waals surface area contributed by atoms with Crippen LogP contribution in [0.5, 0.6) is 17.2 Å². The van der Waals surface area contributed by atoms with E-state index in [1.807, 2.05) is 30.3 Å². The van der Waals surface area contributed by atoms with Gasteiger partial charge in [-0.2, -0.15) is 0 Å². The monoisotopic (exact) mass is 579 g/mol. The van der Waals surface area contributed by atoms with Crippen molar-refractivity contribution in [3.8, 4) is 28.4 Å². The number of piperidine rings is 2. The third kappa shape index (κ3) is 6.54. The van der Waals surface area contributed by atoms with Gasteiger partial charge in [0, 0.05) is 42.1 Å². The fourth-order valence-corrected chi connectivity index (χ4v) is 6.87. The molecule has 3 atom stereocenters. The SMILES string of the molecule is C=CC(=O)O[C@H]1C[C@H]2CCCCN2[C@H](c2cc(OC)c(OC)cc2-c2cc(C=O)ccc2O[Si](C)(C)C(C)(C)C)C1. The average molecular weight is 580 g/mol. The highest BCUT2D eigenvalue weighted by Crippen LogP contribution is 2.49. The summed E-state index contributed by atoms with van der Waals surface area (Å²) in [5.74, 6) is 1.58. The summed E-state index contributed by atoms with van der Waals surface area (Å²) < 4.78 is 24.3. The Hall–Kier alpha value is -3.10. The van der Waals surface area contributed by atoms with Crippen molar-refractivity contribution < 1.29 is 28.2 Å². The molecule has 0 amide bonds. The summed E-state index contributed by atoms with van der Waals surface area (Å²) in [6.45, 7) is 15.6. The average Bonchev–Trinajstić information content (AvgIpc) is 2.95. The molecule has 0 saturated carbocycles. The van der Waals surface area contributed by atoms with E-state index in [1.54, 1.807) is 14.2 Å². The lowest BCUT2D eigenvalue weighted by Gasteiger charge is -2.48. The normalized spacial score (nSPS) is 21.4. The molecule has 7 nitrogen and oxygen atoms in total. The molecule has 0 N–H and O–H groups in total. The number of rotatable bonds is 9. The van der Waals surface area contributed by atoms with Crippen molar-refractivity contribution in [3.63, 3.8) is 0 Å². The Balaban J connectivity index is 1.93. The number of benzene rings is 2. The Labute approximate surface area is 245 Å². The van der Waals surface area contributed by atoms with Crippen molar-refractivity contribution >= 4 is 20.6 Å². The van der Waals surface area contributed by atoms with Crippen molar-refractivity contribution in [1.29, 1.82) is 0 Å². The van der Waals surface area contributed by atoms with Crippen LogP contribution in [0.1, 0.15) is 74.8 Å². The van der Waals surface area contributed by atoms with Gasteiger partial charge in [0.1, 0.15) is 18.1 Å². The van der Waals surface area contributed by atoms with E-state index in [1.165, 1.54) is 6.08 Å². The highest BCUT2D eigenvalue weighted by atomic mass is 28.4. The molecule has 0 bridgehead atoms. The van der Waals surface area contributed by atoms with Gasteiger partial charge in [-0.05, 0) is 79.0 Å². The minimum atomic E-state index is -2.22. The maximum absolute atomic E-state index is 12.2. The van der Waals surface area contributed by atoms with Gasteiger partial charge in [0.05, 0.1) is 14.2 Å². The number of carbonyl (C=O) groups is 2. The first-order valence-corrected chi connectivity index (χ1v) is 17.5. The van der Waals surface area contributed by atoms with Crippen LogP contribution in [0.15, 0.2) is 43.0 Å². The second-order valence-corrected chi connectivity index (χ2v) is 17.4. The van der Waals surface area contributed by atoms with Crippen LogP contribution >= 0.6 is 0 Å². The van der Waals surface area contributed by atoms with Gasteiger partial charge in [-0.25, -0.2) is 4.79 Å². The number of methoxy groups -OCH3 is 2. The zero-order valence-electron chi connectivity index (χ0n) is 25.6. The van der Waals surface area contributed by atoms with E-state index in [4.69, 9.17) is 18.6 Å². The largest absolute Gasteiger partial charge is 0.543 e.